The number of aliphatic hydroxyl groups excluding tert-OH is 1. The molecule has 1 fully saturated rings. The normalized spacial score (nSPS) is 19.7. The molecule has 4 heteroatoms. The molecule has 0 saturated heterocycles. The fourth-order valence-corrected chi connectivity index (χ4v) is 3.52. The highest BCUT2D eigenvalue weighted by Crippen LogP contribution is 2.37. The lowest BCUT2D eigenvalue weighted by Crippen LogP contribution is -2.32. The molecular formula is C12H17BrO2S. The van der Waals surface area contributed by atoms with Gasteiger partial charge in [0.2, 0.25) is 0 Å². The molecule has 1 aliphatic carbocycles. The van der Waals surface area contributed by atoms with E-state index in [9.17, 15) is 5.11 Å². The highest BCUT2D eigenvalue weighted by Gasteiger charge is 2.36. The van der Waals surface area contributed by atoms with Crippen molar-refractivity contribution in [2.45, 2.75) is 38.4 Å². The molecule has 0 aromatic carbocycles. The number of ether oxygens (including phenoxy) is 1. The Bertz CT molecular complexity index is 336. The van der Waals surface area contributed by atoms with Gasteiger partial charge in [0.1, 0.15) is 0 Å². The molecule has 90 valence electrons. The van der Waals surface area contributed by atoms with Crippen LogP contribution in [0.4, 0.5) is 0 Å². The Morgan fingerprint density at radius 2 is 2.38 bits per heavy atom. The van der Waals surface area contributed by atoms with Crippen molar-refractivity contribution in [1.29, 1.82) is 0 Å². The molecule has 2 unspecified atom stereocenters. The van der Waals surface area contributed by atoms with E-state index in [0.717, 1.165) is 4.47 Å². The number of hydrogen-bond donors (Lipinski definition) is 1. The summed E-state index contributed by atoms with van der Waals surface area (Å²) in [7, 11) is 0. The number of halogens is 1. The number of rotatable bonds is 6. The lowest BCUT2D eigenvalue weighted by molar-refractivity contribution is -0.0437. The predicted molar refractivity (Wildman–Crippen MR) is 69.9 cm³/mol. The van der Waals surface area contributed by atoms with Gasteiger partial charge in [0.05, 0.1) is 12.2 Å². The van der Waals surface area contributed by atoms with Gasteiger partial charge in [0.25, 0.3) is 0 Å². The fourth-order valence-electron chi connectivity index (χ4n) is 1.96. The zero-order chi connectivity index (χ0) is 11.5. The second-order valence-electron chi connectivity index (χ2n) is 4.22. The molecule has 0 radical (unpaired) electrons. The van der Waals surface area contributed by atoms with E-state index < -0.39 is 0 Å². The topological polar surface area (TPSA) is 29.5 Å². The highest BCUT2D eigenvalue weighted by molar-refractivity contribution is 9.10. The summed E-state index contributed by atoms with van der Waals surface area (Å²) in [5.41, 5.74) is 0. The molecule has 1 aromatic heterocycles. The van der Waals surface area contributed by atoms with E-state index in [1.54, 1.807) is 11.3 Å². The van der Waals surface area contributed by atoms with E-state index in [1.165, 1.54) is 17.7 Å². The van der Waals surface area contributed by atoms with Crippen molar-refractivity contribution in [2.24, 2.45) is 5.92 Å². The lowest BCUT2D eigenvalue weighted by atomic mass is 10.1. The number of aliphatic hydroxyl groups is 1. The summed E-state index contributed by atoms with van der Waals surface area (Å²) in [6.45, 7) is 2.67. The number of hydrogen-bond acceptors (Lipinski definition) is 3. The van der Waals surface area contributed by atoms with Crippen LogP contribution in [0.3, 0.4) is 0 Å². The summed E-state index contributed by atoms with van der Waals surface area (Å²) >= 11 is 5.18. The van der Waals surface area contributed by atoms with Gasteiger partial charge in [-0.05, 0) is 53.1 Å². The molecule has 1 aliphatic rings. The van der Waals surface area contributed by atoms with E-state index in [2.05, 4.69) is 15.9 Å². The Balaban J connectivity index is 1.94. The Labute approximate surface area is 109 Å². The van der Waals surface area contributed by atoms with Crippen LogP contribution in [0, 0.1) is 5.92 Å². The van der Waals surface area contributed by atoms with Gasteiger partial charge < -0.3 is 9.84 Å². The zero-order valence-electron chi connectivity index (χ0n) is 9.36. The average molecular weight is 305 g/mol. The zero-order valence-corrected chi connectivity index (χ0v) is 11.8. The van der Waals surface area contributed by atoms with Gasteiger partial charge in [0.15, 0.2) is 0 Å². The minimum absolute atomic E-state index is 0.0269. The molecule has 0 aliphatic heterocycles. The smallest absolute Gasteiger partial charge is 0.0865 e. The predicted octanol–water partition coefficient (Wildman–Crippen LogP) is 3.23. The van der Waals surface area contributed by atoms with Gasteiger partial charge in [-0.2, -0.15) is 0 Å². The van der Waals surface area contributed by atoms with Gasteiger partial charge in [0, 0.05) is 22.4 Å². The van der Waals surface area contributed by atoms with Crippen LogP contribution in [0.25, 0.3) is 0 Å². The first-order chi connectivity index (χ1) is 7.72. The molecule has 1 aromatic rings. The molecule has 0 spiro atoms. The van der Waals surface area contributed by atoms with E-state index >= 15 is 0 Å². The second-order valence-corrected chi connectivity index (χ2v) is 6.08. The largest absolute Gasteiger partial charge is 0.390 e. The molecule has 2 nitrogen and oxygen atoms in total. The van der Waals surface area contributed by atoms with Gasteiger partial charge in [-0.3, -0.25) is 0 Å². The van der Waals surface area contributed by atoms with Crippen LogP contribution >= 0.6 is 27.3 Å². The molecule has 2 rings (SSSR count). The van der Waals surface area contributed by atoms with E-state index in [0.29, 0.717) is 18.9 Å². The van der Waals surface area contributed by atoms with Crippen molar-refractivity contribution in [2.75, 3.05) is 6.61 Å². The molecule has 1 N–H and O–H groups in total. The fraction of sp³-hybridized carbons (Fsp3) is 0.667. The monoisotopic (exact) mass is 304 g/mol. The molecule has 16 heavy (non-hydrogen) atoms. The Kier molecular flexibility index (Phi) is 4.41. The van der Waals surface area contributed by atoms with Crippen LogP contribution in [0.15, 0.2) is 15.9 Å². The Morgan fingerprint density at radius 1 is 1.62 bits per heavy atom. The molecule has 1 heterocycles. The second kappa shape index (κ2) is 5.63. The minimum Gasteiger partial charge on any atom is -0.390 e. The van der Waals surface area contributed by atoms with Gasteiger partial charge in [-0.15, -0.1) is 11.3 Å². The third-order valence-corrected chi connectivity index (χ3v) is 4.86. The van der Waals surface area contributed by atoms with Crippen molar-refractivity contribution < 1.29 is 9.84 Å². The quantitative estimate of drug-likeness (QED) is 0.874. The third kappa shape index (κ3) is 3.06. The molecular weight excluding hydrogens is 288 g/mol. The summed E-state index contributed by atoms with van der Waals surface area (Å²) in [5, 5.41) is 12.2. The minimum atomic E-state index is -0.373. The summed E-state index contributed by atoms with van der Waals surface area (Å²) in [5.74, 6) is 0.577. The maximum absolute atomic E-state index is 10.2. The standard InChI is InChI=1S/C12H17BrO2S/c1-2-15-12(8-3-4-8)10(14)7-11-9(13)5-6-16-11/h5-6,8,10,12,14H,2-4,7H2,1H3. The summed E-state index contributed by atoms with van der Waals surface area (Å²) < 4.78 is 6.76. The third-order valence-electron chi connectivity index (χ3n) is 2.91. The van der Waals surface area contributed by atoms with Crippen molar-refractivity contribution in [3.63, 3.8) is 0 Å². The average Bonchev–Trinajstić information content (AvgIpc) is 3.01. The van der Waals surface area contributed by atoms with Crippen LogP contribution in [-0.4, -0.2) is 23.9 Å². The van der Waals surface area contributed by atoms with Crippen molar-refractivity contribution in [1.82, 2.24) is 0 Å². The maximum Gasteiger partial charge on any atom is 0.0865 e. The van der Waals surface area contributed by atoms with E-state index in [4.69, 9.17) is 4.74 Å². The lowest BCUT2D eigenvalue weighted by Gasteiger charge is -2.22. The van der Waals surface area contributed by atoms with Crippen LogP contribution in [-0.2, 0) is 11.2 Å². The molecule has 0 bridgehead atoms. The molecule has 2 atom stereocenters. The summed E-state index contributed by atoms with van der Waals surface area (Å²) in [4.78, 5) is 1.21. The van der Waals surface area contributed by atoms with Crippen LogP contribution in [0.1, 0.15) is 24.6 Å². The number of thiophene rings is 1. The van der Waals surface area contributed by atoms with E-state index in [1.807, 2.05) is 18.4 Å². The van der Waals surface area contributed by atoms with Crippen LogP contribution < -0.4 is 0 Å². The van der Waals surface area contributed by atoms with Gasteiger partial charge in [-0.1, -0.05) is 0 Å². The maximum atomic E-state index is 10.2. The van der Waals surface area contributed by atoms with Gasteiger partial charge in [-0.25, -0.2) is 0 Å². The first kappa shape index (κ1) is 12.6. The summed E-state index contributed by atoms with van der Waals surface area (Å²) in [6.07, 6.45) is 2.75. The van der Waals surface area contributed by atoms with Gasteiger partial charge >= 0.3 is 0 Å². The summed E-state index contributed by atoms with van der Waals surface area (Å²) in [6, 6.07) is 2.03. The SMILES string of the molecule is CCOC(C(O)Cc1sccc1Br)C1CC1. The van der Waals surface area contributed by atoms with Crippen molar-refractivity contribution in [3.05, 3.63) is 20.8 Å². The van der Waals surface area contributed by atoms with Crippen molar-refractivity contribution >= 4 is 27.3 Å². The first-order valence-electron chi connectivity index (χ1n) is 5.74. The first-order valence-corrected chi connectivity index (χ1v) is 7.41. The van der Waals surface area contributed by atoms with E-state index in [-0.39, 0.29) is 12.2 Å². The Hall–Kier alpha value is 0.100. The Morgan fingerprint density at radius 3 is 2.88 bits per heavy atom. The molecule has 1 saturated carbocycles. The van der Waals surface area contributed by atoms with Crippen LogP contribution in [0.2, 0.25) is 0 Å². The van der Waals surface area contributed by atoms with Crippen LogP contribution in [0.5, 0.6) is 0 Å². The molecule has 0 amide bonds. The van der Waals surface area contributed by atoms with Crippen molar-refractivity contribution in [3.8, 4) is 0 Å². The highest BCUT2D eigenvalue weighted by atomic mass is 79.9.